The Balaban J connectivity index is 1.64. The molecule has 0 saturated carbocycles. The first-order valence-corrected chi connectivity index (χ1v) is 8.12. The number of hydrogen-bond donors (Lipinski definition) is 2. The molecule has 0 aliphatic carbocycles. The van der Waals surface area contributed by atoms with Gasteiger partial charge in [-0.2, -0.15) is 0 Å². The average Bonchev–Trinajstić information content (AvgIpc) is 3.19. The van der Waals surface area contributed by atoms with Crippen molar-refractivity contribution in [1.82, 2.24) is 4.98 Å². The number of benzene rings is 1. The van der Waals surface area contributed by atoms with E-state index in [-0.39, 0.29) is 0 Å². The van der Waals surface area contributed by atoms with Crippen molar-refractivity contribution in [2.24, 2.45) is 10.7 Å². The molecule has 0 amide bonds. The van der Waals surface area contributed by atoms with Gasteiger partial charge in [0.2, 0.25) is 0 Å². The molecule has 0 bridgehead atoms. The molecule has 0 saturated heterocycles. The van der Waals surface area contributed by atoms with E-state index in [2.05, 4.69) is 41.3 Å². The number of nitrogens with zero attached hydrogens (tertiary/aromatic N) is 2. The predicted octanol–water partition coefficient (Wildman–Crippen LogP) is 3.95. The zero-order valence-corrected chi connectivity index (χ0v) is 13.9. The molecule has 2 heterocycles. The van der Waals surface area contributed by atoms with Gasteiger partial charge >= 0.3 is 0 Å². The Bertz CT molecular complexity index is 821. The fraction of sp³-hybridized carbons (Fsp3) is 0.176. The molecule has 0 spiro atoms. The van der Waals surface area contributed by atoms with Crippen molar-refractivity contribution in [1.29, 1.82) is 0 Å². The van der Waals surface area contributed by atoms with Gasteiger partial charge < -0.3 is 15.5 Å². The summed E-state index contributed by atoms with van der Waals surface area (Å²) in [4.78, 5) is 8.83. The number of nitrogens with two attached hydrogens (primary N) is 1. The van der Waals surface area contributed by atoms with E-state index in [0.29, 0.717) is 12.5 Å². The Kier molecular flexibility index (Phi) is 4.43. The molecule has 118 valence electrons. The van der Waals surface area contributed by atoms with Crippen LogP contribution in [0.25, 0.3) is 10.8 Å². The number of furan rings is 1. The Hall–Kier alpha value is -2.60. The molecule has 3 N–H and O–H groups in total. The van der Waals surface area contributed by atoms with E-state index >= 15 is 0 Å². The summed E-state index contributed by atoms with van der Waals surface area (Å²) in [6.07, 6.45) is 1.64. The van der Waals surface area contributed by atoms with Crippen LogP contribution in [0.3, 0.4) is 0 Å². The molecule has 3 aromatic rings. The minimum Gasteiger partial charge on any atom is -0.462 e. The molecule has 0 fully saturated rings. The molecular weight excluding hydrogens is 308 g/mol. The van der Waals surface area contributed by atoms with Gasteiger partial charge in [-0.3, -0.25) is 0 Å². The molecule has 5 nitrogen and oxygen atoms in total. The number of rotatable bonds is 4. The zero-order valence-electron chi connectivity index (χ0n) is 13.0. The van der Waals surface area contributed by atoms with Crippen LogP contribution >= 0.6 is 11.3 Å². The summed E-state index contributed by atoms with van der Waals surface area (Å²) in [5.41, 5.74) is 10.2. The second-order valence-electron chi connectivity index (χ2n) is 5.25. The van der Waals surface area contributed by atoms with E-state index in [1.165, 1.54) is 22.5 Å². The lowest BCUT2D eigenvalue weighted by Gasteiger charge is -2.07. The minimum absolute atomic E-state index is 0.376. The minimum atomic E-state index is 0.376. The fourth-order valence-corrected chi connectivity index (χ4v) is 2.84. The normalized spacial score (nSPS) is 11.7. The number of nitrogens with one attached hydrogen (secondary N) is 1. The van der Waals surface area contributed by atoms with E-state index in [4.69, 9.17) is 10.2 Å². The zero-order chi connectivity index (χ0) is 16.2. The van der Waals surface area contributed by atoms with Gasteiger partial charge in [0.25, 0.3) is 0 Å². The lowest BCUT2D eigenvalue weighted by Crippen LogP contribution is -2.22. The van der Waals surface area contributed by atoms with Crippen LogP contribution in [0.1, 0.15) is 16.8 Å². The van der Waals surface area contributed by atoms with E-state index < -0.39 is 0 Å². The van der Waals surface area contributed by atoms with E-state index in [0.717, 1.165) is 22.1 Å². The number of guanidine groups is 1. The third-order valence-electron chi connectivity index (χ3n) is 3.47. The molecule has 0 aliphatic heterocycles. The van der Waals surface area contributed by atoms with Crippen molar-refractivity contribution in [3.8, 4) is 10.8 Å². The predicted molar refractivity (Wildman–Crippen MR) is 94.7 cm³/mol. The molecular formula is C17H18N4OS. The first kappa shape index (κ1) is 15.3. The lowest BCUT2D eigenvalue weighted by atomic mass is 10.1. The summed E-state index contributed by atoms with van der Waals surface area (Å²) in [5, 5.41) is 5.91. The molecule has 2 aromatic heterocycles. The third-order valence-corrected chi connectivity index (χ3v) is 4.38. The van der Waals surface area contributed by atoms with Crippen molar-refractivity contribution < 1.29 is 4.42 Å². The van der Waals surface area contributed by atoms with Gasteiger partial charge in [0, 0.05) is 11.1 Å². The quantitative estimate of drug-likeness (QED) is 0.562. The topological polar surface area (TPSA) is 76.4 Å². The number of hydrogen-bond acceptors (Lipinski definition) is 4. The Morgan fingerprint density at radius 2 is 2.17 bits per heavy atom. The number of aliphatic imine (C=N–C) groups is 1. The van der Waals surface area contributed by atoms with Crippen LogP contribution in [-0.4, -0.2) is 10.9 Å². The second-order valence-corrected chi connectivity index (χ2v) is 6.10. The Morgan fingerprint density at radius 1 is 1.30 bits per heavy atom. The number of anilines is 1. The summed E-state index contributed by atoms with van der Waals surface area (Å²) in [6.45, 7) is 4.58. The summed E-state index contributed by atoms with van der Waals surface area (Å²) >= 11 is 1.53. The fourth-order valence-electron chi connectivity index (χ4n) is 2.07. The van der Waals surface area contributed by atoms with Crippen LogP contribution in [-0.2, 0) is 6.54 Å². The van der Waals surface area contributed by atoms with Gasteiger partial charge in [-0.1, -0.05) is 6.07 Å². The monoisotopic (exact) mass is 326 g/mol. The molecule has 23 heavy (non-hydrogen) atoms. The highest BCUT2D eigenvalue weighted by molar-refractivity contribution is 7.13. The molecule has 0 unspecified atom stereocenters. The van der Waals surface area contributed by atoms with Crippen LogP contribution in [0.5, 0.6) is 0 Å². The van der Waals surface area contributed by atoms with Crippen LogP contribution < -0.4 is 11.1 Å². The highest BCUT2D eigenvalue weighted by Gasteiger charge is 2.06. The SMILES string of the molecule is Cc1ccc(NC(N)=NCc2csc(-c3ccco3)n2)cc1C. The van der Waals surface area contributed by atoms with Gasteiger partial charge in [-0.05, 0) is 49.2 Å². The Labute approximate surface area is 138 Å². The number of aromatic nitrogens is 1. The maximum Gasteiger partial charge on any atom is 0.193 e. The van der Waals surface area contributed by atoms with Gasteiger partial charge in [0.1, 0.15) is 0 Å². The third kappa shape index (κ3) is 3.78. The van der Waals surface area contributed by atoms with Crippen molar-refractivity contribution in [3.05, 3.63) is 58.8 Å². The smallest absolute Gasteiger partial charge is 0.193 e. The standard InChI is InChI=1S/C17H18N4OS/c1-11-5-6-13(8-12(11)2)21-17(18)19-9-14-10-23-16(20-14)15-4-3-7-22-15/h3-8,10H,9H2,1-2H3,(H3,18,19,21). The maximum atomic E-state index is 5.94. The van der Waals surface area contributed by atoms with E-state index in [9.17, 15) is 0 Å². The first-order valence-electron chi connectivity index (χ1n) is 7.24. The molecule has 3 rings (SSSR count). The maximum absolute atomic E-state index is 5.94. The highest BCUT2D eigenvalue weighted by atomic mass is 32.1. The van der Waals surface area contributed by atoms with Crippen molar-refractivity contribution in [2.75, 3.05) is 5.32 Å². The van der Waals surface area contributed by atoms with Crippen molar-refractivity contribution >= 4 is 23.0 Å². The average molecular weight is 326 g/mol. The van der Waals surface area contributed by atoms with E-state index in [1.807, 2.05) is 23.6 Å². The first-order chi connectivity index (χ1) is 11.1. The molecule has 1 aromatic carbocycles. The van der Waals surface area contributed by atoms with Gasteiger partial charge in [0.15, 0.2) is 16.7 Å². The number of thiazole rings is 1. The molecule has 0 atom stereocenters. The molecule has 6 heteroatoms. The summed E-state index contributed by atoms with van der Waals surface area (Å²) in [7, 11) is 0. The van der Waals surface area contributed by atoms with Crippen LogP contribution in [0.15, 0.2) is 51.4 Å². The summed E-state index contributed by atoms with van der Waals surface area (Å²) in [5.74, 6) is 1.15. The molecule has 0 aliphatic rings. The van der Waals surface area contributed by atoms with Crippen LogP contribution in [0.4, 0.5) is 5.69 Å². The summed E-state index contributed by atoms with van der Waals surface area (Å²) in [6, 6.07) is 9.83. The van der Waals surface area contributed by atoms with Crippen molar-refractivity contribution in [2.45, 2.75) is 20.4 Å². The largest absolute Gasteiger partial charge is 0.462 e. The van der Waals surface area contributed by atoms with Gasteiger partial charge in [-0.15, -0.1) is 11.3 Å². The number of aryl methyl sites for hydroxylation is 2. The van der Waals surface area contributed by atoms with E-state index in [1.54, 1.807) is 6.26 Å². The van der Waals surface area contributed by atoms with Gasteiger partial charge in [0.05, 0.1) is 18.5 Å². The van der Waals surface area contributed by atoms with Crippen molar-refractivity contribution in [3.63, 3.8) is 0 Å². The van der Waals surface area contributed by atoms with Crippen LogP contribution in [0.2, 0.25) is 0 Å². The lowest BCUT2D eigenvalue weighted by molar-refractivity contribution is 0.581. The Morgan fingerprint density at radius 3 is 2.91 bits per heavy atom. The highest BCUT2D eigenvalue weighted by Crippen LogP contribution is 2.24. The molecule has 0 radical (unpaired) electrons. The van der Waals surface area contributed by atoms with Gasteiger partial charge in [-0.25, -0.2) is 9.98 Å². The second kappa shape index (κ2) is 6.66. The van der Waals surface area contributed by atoms with Crippen LogP contribution in [0, 0.1) is 13.8 Å². The summed E-state index contributed by atoms with van der Waals surface area (Å²) < 4.78 is 5.33.